The Hall–Kier alpha value is -4.99. The SMILES string of the molecule is C=CCc1cc(/C=C2/NC(=O)N(Cc3ccccc3F)C2=O)cc(OC)c1OCc1cccc([N+](=O)[O-])c1. The molecule has 0 atom stereocenters. The summed E-state index contributed by atoms with van der Waals surface area (Å²) in [6.45, 7) is 3.63. The van der Waals surface area contributed by atoms with E-state index in [9.17, 15) is 24.1 Å². The summed E-state index contributed by atoms with van der Waals surface area (Å²) in [6, 6.07) is 14.8. The third kappa shape index (κ3) is 5.70. The van der Waals surface area contributed by atoms with Crippen LogP contribution in [-0.4, -0.2) is 28.9 Å². The first-order chi connectivity index (χ1) is 18.3. The second kappa shape index (κ2) is 11.4. The number of carbonyl (C=O) groups excluding carboxylic acids is 2. The van der Waals surface area contributed by atoms with Gasteiger partial charge in [0.1, 0.15) is 18.1 Å². The molecule has 1 fully saturated rings. The molecule has 3 aromatic carbocycles. The number of amides is 3. The second-order valence-electron chi connectivity index (χ2n) is 8.39. The average molecular weight is 518 g/mol. The van der Waals surface area contributed by atoms with Gasteiger partial charge in [0.25, 0.3) is 11.6 Å². The van der Waals surface area contributed by atoms with E-state index in [-0.39, 0.29) is 30.1 Å². The van der Waals surface area contributed by atoms with Crippen molar-refractivity contribution in [2.45, 2.75) is 19.6 Å². The molecule has 3 amide bonds. The van der Waals surface area contributed by atoms with Crippen molar-refractivity contribution in [2.75, 3.05) is 7.11 Å². The zero-order chi connectivity index (χ0) is 27.2. The molecule has 0 bridgehead atoms. The minimum absolute atomic E-state index is 0.0307. The van der Waals surface area contributed by atoms with Gasteiger partial charge in [-0.15, -0.1) is 6.58 Å². The number of hydrogen-bond acceptors (Lipinski definition) is 6. The number of ether oxygens (including phenoxy) is 2. The number of nitrogens with zero attached hydrogens (tertiary/aromatic N) is 2. The fourth-order valence-electron chi connectivity index (χ4n) is 3.98. The normalized spacial score (nSPS) is 13.9. The molecule has 1 heterocycles. The first kappa shape index (κ1) is 26.1. The molecule has 1 saturated heterocycles. The number of methoxy groups -OCH3 is 1. The molecular weight excluding hydrogens is 493 g/mol. The Bertz CT molecular complexity index is 1450. The Morgan fingerprint density at radius 2 is 1.89 bits per heavy atom. The molecule has 0 unspecified atom stereocenters. The summed E-state index contributed by atoms with van der Waals surface area (Å²) < 4.78 is 25.6. The zero-order valence-electron chi connectivity index (χ0n) is 20.5. The topological polar surface area (TPSA) is 111 Å². The molecule has 1 N–H and O–H groups in total. The second-order valence-corrected chi connectivity index (χ2v) is 8.39. The number of nitro groups is 1. The van der Waals surface area contributed by atoms with Crippen molar-refractivity contribution < 1.29 is 28.4 Å². The van der Waals surface area contributed by atoms with Crippen LogP contribution in [-0.2, 0) is 24.4 Å². The molecule has 10 heteroatoms. The number of carbonyl (C=O) groups is 2. The standard InChI is InChI=1S/C28H24FN3O6/c1-3-7-20-12-19(14-24-27(33)31(28(34)30-24)16-21-9-4-5-11-23(21)29)15-25(37-2)26(20)38-17-18-8-6-10-22(13-18)32(35)36/h3-6,8-15H,1,7,16-17H2,2H3,(H,30,34)/b24-14+. The summed E-state index contributed by atoms with van der Waals surface area (Å²) >= 11 is 0. The summed E-state index contributed by atoms with van der Waals surface area (Å²) in [5.74, 6) is -0.316. The highest BCUT2D eigenvalue weighted by Crippen LogP contribution is 2.35. The van der Waals surface area contributed by atoms with Gasteiger partial charge in [-0.05, 0) is 41.8 Å². The van der Waals surface area contributed by atoms with E-state index in [0.29, 0.717) is 34.6 Å². The van der Waals surface area contributed by atoms with Gasteiger partial charge in [0.15, 0.2) is 11.5 Å². The van der Waals surface area contributed by atoms with Crippen molar-refractivity contribution in [1.82, 2.24) is 10.2 Å². The van der Waals surface area contributed by atoms with Crippen LogP contribution in [0.15, 0.2) is 79.0 Å². The molecule has 0 radical (unpaired) electrons. The van der Waals surface area contributed by atoms with Gasteiger partial charge >= 0.3 is 6.03 Å². The Morgan fingerprint density at radius 1 is 1.11 bits per heavy atom. The number of urea groups is 1. The molecule has 3 aromatic rings. The van der Waals surface area contributed by atoms with Crippen molar-refractivity contribution in [2.24, 2.45) is 0 Å². The van der Waals surface area contributed by atoms with Crippen molar-refractivity contribution in [3.05, 3.63) is 117 Å². The van der Waals surface area contributed by atoms with Crippen molar-refractivity contribution in [3.8, 4) is 11.5 Å². The molecule has 38 heavy (non-hydrogen) atoms. The fraction of sp³-hybridized carbons (Fsp3) is 0.143. The molecule has 0 saturated carbocycles. The zero-order valence-corrected chi connectivity index (χ0v) is 20.5. The van der Waals surface area contributed by atoms with E-state index in [4.69, 9.17) is 9.47 Å². The predicted octanol–water partition coefficient (Wildman–Crippen LogP) is 5.14. The Labute approximate surface area is 217 Å². The maximum atomic E-state index is 14.1. The molecule has 0 aliphatic carbocycles. The van der Waals surface area contributed by atoms with Crippen LogP contribution in [0.2, 0.25) is 0 Å². The summed E-state index contributed by atoms with van der Waals surface area (Å²) in [4.78, 5) is 36.9. The molecule has 1 aliphatic heterocycles. The number of halogens is 1. The van der Waals surface area contributed by atoms with Crippen LogP contribution >= 0.6 is 0 Å². The van der Waals surface area contributed by atoms with Crippen molar-refractivity contribution >= 4 is 23.7 Å². The lowest BCUT2D eigenvalue weighted by molar-refractivity contribution is -0.384. The third-order valence-electron chi connectivity index (χ3n) is 5.80. The van der Waals surface area contributed by atoms with Crippen LogP contribution in [0.25, 0.3) is 6.08 Å². The fourth-order valence-corrected chi connectivity index (χ4v) is 3.98. The smallest absolute Gasteiger partial charge is 0.329 e. The third-order valence-corrected chi connectivity index (χ3v) is 5.80. The number of benzene rings is 3. The lowest BCUT2D eigenvalue weighted by atomic mass is 10.0. The van der Waals surface area contributed by atoms with Gasteiger partial charge in [-0.1, -0.05) is 36.4 Å². The average Bonchev–Trinajstić information content (AvgIpc) is 3.16. The van der Waals surface area contributed by atoms with E-state index >= 15 is 0 Å². The lowest BCUT2D eigenvalue weighted by Gasteiger charge is -2.16. The van der Waals surface area contributed by atoms with E-state index in [2.05, 4.69) is 11.9 Å². The van der Waals surface area contributed by atoms with Crippen LogP contribution in [0.5, 0.6) is 11.5 Å². The molecule has 0 aromatic heterocycles. The van der Waals surface area contributed by atoms with Crippen molar-refractivity contribution in [3.63, 3.8) is 0 Å². The summed E-state index contributed by atoms with van der Waals surface area (Å²) in [6.07, 6.45) is 3.57. The van der Waals surface area contributed by atoms with E-state index in [1.807, 2.05) is 0 Å². The first-order valence-corrected chi connectivity index (χ1v) is 11.6. The largest absolute Gasteiger partial charge is 0.493 e. The maximum absolute atomic E-state index is 14.1. The number of nitro benzene ring substituents is 1. The van der Waals surface area contributed by atoms with Crippen LogP contribution in [0, 0.1) is 15.9 Å². The maximum Gasteiger partial charge on any atom is 0.329 e. The first-order valence-electron chi connectivity index (χ1n) is 11.6. The molecule has 4 rings (SSSR count). The van der Waals surface area contributed by atoms with Crippen LogP contribution in [0.3, 0.4) is 0 Å². The predicted molar refractivity (Wildman–Crippen MR) is 138 cm³/mol. The minimum atomic E-state index is -0.653. The molecule has 0 spiro atoms. The van der Waals surface area contributed by atoms with Gasteiger partial charge in [0.05, 0.1) is 18.6 Å². The number of non-ortho nitro benzene ring substituents is 1. The quantitative estimate of drug-likeness (QED) is 0.131. The molecule has 1 aliphatic rings. The number of nitrogens with one attached hydrogen (secondary N) is 1. The van der Waals surface area contributed by atoms with E-state index in [1.54, 1.807) is 36.4 Å². The summed E-state index contributed by atoms with van der Waals surface area (Å²) in [5, 5.41) is 13.6. The highest BCUT2D eigenvalue weighted by molar-refractivity contribution is 6.13. The number of imide groups is 1. The van der Waals surface area contributed by atoms with Crippen molar-refractivity contribution in [1.29, 1.82) is 0 Å². The molecular formula is C28H24FN3O6. The highest BCUT2D eigenvalue weighted by Gasteiger charge is 2.34. The number of allylic oxidation sites excluding steroid dienone is 1. The Balaban J connectivity index is 1.60. The Kier molecular flexibility index (Phi) is 7.81. The van der Waals surface area contributed by atoms with Gasteiger partial charge in [-0.25, -0.2) is 9.18 Å². The Morgan fingerprint density at radius 3 is 2.61 bits per heavy atom. The van der Waals surface area contributed by atoms with E-state index < -0.39 is 22.7 Å². The minimum Gasteiger partial charge on any atom is -0.493 e. The van der Waals surface area contributed by atoms with Gasteiger partial charge in [-0.3, -0.25) is 19.8 Å². The van der Waals surface area contributed by atoms with E-state index in [0.717, 1.165) is 4.90 Å². The van der Waals surface area contributed by atoms with Gasteiger partial charge in [0.2, 0.25) is 0 Å². The van der Waals surface area contributed by atoms with Gasteiger partial charge < -0.3 is 14.8 Å². The van der Waals surface area contributed by atoms with Gasteiger partial charge in [0, 0.05) is 23.3 Å². The monoisotopic (exact) mass is 517 g/mol. The van der Waals surface area contributed by atoms with Gasteiger partial charge in [-0.2, -0.15) is 0 Å². The van der Waals surface area contributed by atoms with E-state index in [1.165, 1.54) is 43.5 Å². The van der Waals surface area contributed by atoms with Crippen LogP contribution in [0.1, 0.15) is 22.3 Å². The summed E-state index contributed by atoms with van der Waals surface area (Å²) in [7, 11) is 1.46. The lowest BCUT2D eigenvalue weighted by Crippen LogP contribution is -2.30. The highest BCUT2D eigenvalue weighted by atomic mass is 19.1. The molecule has 9 nitrogen and oxygen atoms in total. The van der Waals surface area contributed by atoms with Crippen LogP contribution < -0.4 is 14.8 Å². The van der Waals surface area contributed by atoms with Crippen LogP contribution in [0.4, 0.5) is 14.9 Å². The number of hydrogen-bond donors (Lipinski definition) is 1. The number of rotatable bonds is 10. The molecule has 194 valence electrons. The summed E-state index contributed by atoms with van der Waals surface area (Å²) in [5.41, 5.74) is 2.06.